The van der Waals surface area contributed by atoms with Crippen LogP contribution in [0.1, 0.15) is 22.2 Å². The molecule has 0 unspecified atom stereocenters. The summed E-state index contributed by atoms with van der Waals surface area (Å²) in [5, 5.41) is 1.97. The minimum atomic E-state index is -0.398. The summed E-state index contributed by atoms with van der Waals surface area (Å²) in [4.78, 5) is 28.3. The maximum atomic E-state index is 14.2. The van der Waals surface area contributed by atoms with Crippen LogP contribution in [0.3, 0.4) is 0 Å². The predicted octanol–water partition coefficient (Wildman–Crippen LogP) is 3.45. The van der Waals surface area contributed by atoms with Crippen molar-refractivity contribution in [2.45, 2.75) is 6.92 Å². The highest BCUT2D eigenvalue weighted by Crippen LogP contribution is 2.22. The van der Waals surface area contributed by atoms with Crippen LogP contribution >= 0.6 is 11.3 Å². The molecule has 130 valence electrons. The molecule has 1 aromatic heterocycles. The molecule has 1 fully saturated rings. The van der Waals surface area contributed by atoms with Gasteiger partial charge in [-0.2, -0.15) is 0 Å². The lowest BCUT2D eigenvalue weighted by Crippen LogP contribution is -2.48. The number of carbonyl (C=O) groups excluding carboxylic acids is 2. The molecule has 25 heavy (non-hydrogen) atoms. The molecular weight excluding hydrogens is 339 g/mol. The van der Waals surface area contributed by atoms with Gasteiger partial charge in [0.2, 0.25) is 5.91 Å². The standard InChI is InChI=1S/C19H19FN2O2S/c1-14(23)15-4-6-18(17(20)13-15)21-8-10-22(11-9-21)19(24)7-5-16-3-2-12-25-16/h2-7,12-13H,8-11H2,1H3/b7-5+. The van der Waals surface area contributed by atoms with E-state index < -0.39 is 5.82 Å². The van der Waals surface area contributed by atoms with Gasteiger partial charge in [0, 0.05) is 42.7 Å². The van der Waals surface area contributed by atoms with Gasteiger partial charge in [0.1, 0.15) is 5.82 Å². The van der Waals surface area contributed by atoms with Crippen LogP contribution in [0.25, 0.3) is 6.08 Å². The zero-order valence-electron chi connectivity index (χ0n) is 13.9. The van der Waals surface area contributed by atoms with Crippen molar-refractivity contribution in [3.63, 3.8) is 0 Å². The first-order valence-electron chi connectivity index (χ1n) is 8.10. The first-order valence-corrected chi connectivity index (χ1v) is 8.98. The van der Waals surface area contributed by atoms with Crippen LogP contribution in [-0.2, 0) is 4.79 Å². The third kappa shape index (κ3) is 4.14. The van der Waals surface area contributed by atoms with E-state index in [1.807, 2.05) is 28.5 Å². The Morgan fingerprint density at radius 2 is 1.92 bits per heavy atom. The number of carbonyl (C=O) groups is 2. The van der Waals surface area contributed by atoms with Crippen molar-refractivity contribution in [3.05, 3.63) is 58.0 Å². The van der Waals surface area contributed by atoms with Gasteiger partial charge in [-0.25, -0.2) is 4.39 Å². The van der Waals surface area contributed by atoms with Crippen LogP contribution in [0.15, 0.2) is 41.8 Å². The zero-order valence-corrected chi connectivity index (χ0v) is 14.8. The second-order valence-corrected chi connectivity index (χ2v) is 6.86. The highest BCUT2D eigenvalue weighted by Gasteiger charge is 2.22. The third-order valence-corrected chi connectivity index (χ3v) is 5.06. The van der Waals surface area contributed by atoms with Gasteiger partial charge < -0.3 is 9.80 Å². The van der Waals surface area contributed by atoms with Crippen LogP contribution < -0.4 is 4.90 Å². The summed E-state index contributed by atoms with van der Waals surface area (Å²) < 4.78 is 14.2. The molecule has 3 rings (SSSR count). The number of benzene rings is 1. The number of rotatable bonds is 4. The number of amides is 1. The van der Waals surface area contributed by atoms with Crippen molar-refractivity contribution in [3.8, 4) is 0 Å². The van der Waals surface area contributed by atoms with Crippen LogP contribution in [0, 0.1) is 5.82 Å². The van der Waals surface area contributed by atoms with Gasteiger partial charge in [-0.05, 0) is 42.6 Å². The van der Waals surface area contributed by atoms with Crippen molar-refractivity contribution >= 4 is 34.8 Å². The number of ketones is 1. The number of anilines is 1. The molecule has 1 saturated heterocycles. The van der Waals surface area contributed by atoms with Crippen LogP contribution in [0.4, 0.5) is 10.1 Å². The number of piperazine rings is 1. The van der Waals surface area contributed by atoms with E-state index in [0.29, 0.717) is 37.4 Å². The Balaban J connectivity index is 1.60. The molecule has 0 saturated carbocycles. The molecule has 0 aliphatic carbocycles. The first-order chi connectivity index (χ1) is 12.0. The summed E-state index contributed by atoms with van der Waals surface area (Å²) in [6, 6.07) is 8.46. The van der Waals surface area contributed by atoms with Gasteiger partial charge in [0.05, 0.1) is 5.69 Å². The molecule has 2 aromatic rings. The molecule has 1 aromatic carbocycles. The zero-order chi connectivity index (χ0) is 17.8. The normalized spacial score (nSPS) is 15.0. The number of nitrogens with zero attached hydrogens (tertiary/aromatic N) is 2. The van der Waals surface area contributed by atoms with E-state index >= 15 is 0 Å². The fraction of sp³-hybridized carbons (Fsp3) is 0.263. The van der Waals surface area contributed by atoms with Crippen molar-refractivity contribution in [2.75, 3.05) is 31.1 Å². The van der Waals surface area contributed by atoms with Gasteiger partial charge in [0.25, 0.3) is 0 Å². The maximum absolute atomic E-state index is 14.2. The Labute approximate surface area is 150 Å². The summed E-state index contributed by atoms with van der Waals surface area (Å²) in [7, 11) is 0. The predicted molar refractivity (Wildman–Crippen MR) is 98.6 cm³/mol. The first kappa shape index (κ1) is 17.4. The lowest BCUT2D eigenvalue weighted by Gasteiger charge is -2.35. The third-order valence-electron chi connectivity index (χ3n) is 4.22. The minimum absolute atomic E-state index is 0.0274. The minimum Gasteiger partial charge on any atom is -0.366 e. The van der Waals surface area contributed by atoms with E-state index in [2.05, 4.69) is 0 Å². The molecule has 0 radical (unpaired) electrons. The Kier molecular flexibility index (Phi) is 5.28. The lowest BCUT2D eigenvalue weighted by atomic mass is 10.1. The molecule has 1 aliphatic rings. The van der Waals surface area contributed by atoms with Crippen molar-refractivity contribution in [1.82, 2.24) is 4.90 Å². The lowest BCUT2D eigenvalue weighted by molar-refractivity contribution is -0.126. The molecular formula is C19H19FN2O2S. The van der Waals surface area contributed by atoms with Crippen molar-refractivity contribution in [2.24, 2.45) is 0 Å². The summed E-state index contributed by atoms with van der Waals surface area (Å²) in [5.74, 6) is -0.580. The van der Waals surface area contributed by atoms with Gasteiger partial charge in [0.15, 0.2) is 5.78 Å². The molecule has 1 aliphatic heterocycles. The topological polar surface area (TPSA) is 40.6 Å². The Bertz CT molecular complexity index is 794. The summed E-state index contributed by atoms with van der Waals surface area (Å²) in [6.45, 7) is 3.63. The van der Waals surface area contributed by atoms with E-state index in [1.165, 1.54) is 13.0 Å². The maximum Gasteiger partial charge on any atom is 0.246 e. The highest BCUT2D eigenvalue weighted by molar-refractivity contribution is 7.10. The number of halogens is 1. The number of Topliss-reactive ketones (excluding diaryl/α,β-unsaturated/α-hetero) is 1. The SMILES string of the molecule is CC(=O)c1ccc(N2CCN(C(=O)/C=C/c3cccs3)CC2)c(F)c1. The average Bonchev–Trinajstić information content (AvgIpc) is 3.13. The molecule has 4 nitrogen and oxygen atoms in total. The summed E-state index contributed by atoms with van der Waals surface area (Å²) in [5.41, 5.74) is 0.847. The second kappa shape index (κ2) is 7.61. The van der Waals surface area contributed by atoms with E-state index in [9.17, 15) is 14.0 Å². The molecule has 1 amide bonds. The smallest absolute Gasteiger partial charge is 0.246 e. The van der Waals surface area contributed by atoms with Gasteiger partial charge in [-0.3, -0.25) is 9.59 Å². The summed E-state index contributed by atoms with van der Waals surface area (Å²) in [6.07, 6.45) is 3.41. The van der Waals surface area contributed by atoms with E-state index in [4.69, 9.17) is 0 Å². The molecule has 0 N–H and O–H groups in total. The largest absolute Gasteiger partial charge is 0.366 e. The van der Waals surface area contributed by atoms with Gasteiger partial charge in [-0.1, -0.05) is 6.07 Å². The van der Waals surface area contributed by atoms with E-state index in [0.717, 1.165) is 4.88 Å². The second-order valence-electron chi connectivity index (χ2n) is 5.88. The van der Waals surface area contributed by atoms with E-state index in [1.54, 1.807) is 34.4 Å². The molecule has 0 atom stereocenters. The average molecular weight is 358 g/mol. The van der Waals surface area contributed by atoms with E-state index in [-0.39, 0.29) is 11.7 Å². The Morgan fingerprint density at radius 3 is 2.52 bits per heavy atom. The monoisotopic (exact) mass is 358 g/mol. The Hall–Kier alpha value is -2.47. The Morgan fingerprint density at radius 1 is 1.16 bits per heavy atom. The number of hydrogen-bond donors (Lipinski definition) is 0. The van der Waals surface area contributed by atoms with Crippen molar-refractivity contribution in [1.29, 1.82) is 0 Å². The molecule has 0 bridgehead atoms. The number of hydrogen-bond acceptors (Lipinski definition) is 4. The van der Waals surface area contributed by atoms with Gasteiger partial charge >= 0.3 is 0 Å². The fourth-order valence-corrected chi connectivity index (χ4v) is 3.41. The molecule has 0 spiro atoms. The van der Waals surface area contributed by atoms with Crippen molar-refractivity contribution < 1.29 is 14.0 Å². The fourth-order valence-electron chi connectivity index (χ4n) is 2.80. The quantitative estimate of drug-likeness (QED) is 0.621. The highest BCUT2D eigenvalue weighted by atomic mass is 32.1. The molecule has 2 heterocycles. The van der Waals surface area contributed by atoms with Crippen LogP contribution in [-0.4, -0.2) is 42.8 Å². The van der Waals surface area contributed by atoms with Crippen LogP contribution in [0.5, 0.6) is 0 Å². The van der Waals surface area contributed by atoms with Crippen LogP contribution in [0.2, 0.25) is 0 Å². The number of thiophene rings is 1. The molecule has 6 heteroatoms. The summed E-state index contributed by atoms with van der Waals surface area (Å²) >= 11 is 1.58. The van der Waals surface area contributed by atoms with Gasteiger partial charge in [-0.15, -0.1) is 11.3 Å².